The van der Waals surface area contributed by atoms with Crippen molar-refractivity contribution in [3.8, 4) is 0 Å². The fraction of sp³-hybridized carbons (Fsp3) is 0.292. The fourth-order valence-electron chi connectivity index (χ4n) is 4.09. The van der Waals surface area contributed by atoms with E-state index in [2.05, 4.69) is 4.98 Å². The van der Waals surface area contributed by atoms with E-state index in [1.54, 1.807) is 23.2 Å². The van der Waals surface area contributed by atoms with Crippen molar-refractivity contribution in [2.75, 3.05) is 13.1 Å². The van der Waals surface area contributed by atoms with E-state index in [0.29, 0.717) is 42.8 Å². The first-order valence-corrected chi connectivity index (χ1v) is 10.4. The Morgan fingerprint density at radius 2 is 1.81 bits per heavy atom. The standard InChI is InChI=1S/C24H24N4O3/c25-24(31)19-14-17-4-1-2-6-20(17)27-23(19)16-9-12-28(13-10-16)22(30)8-7-21(29)18-5-3-11-26-15-18/h1-6,11,14-16H,7-10,12-13H2,(H2,25,31). The number of carbonyl (C=O) groups excluding carboxylic acids is 3. The average Bonchev–Trinajstić information content (AvgIpc) is 2.82. The Hall–Kier alpha value is -3.61. The molecule has 1 aliphatic rings. The molecular weight excluding hydrogens is 392 g/mol. The van der Waals surface area contributed by atoms with Crippen molar-refractivity contribution in [2.24, 2.45) is 5.73 Å². The number of benzene rings is 1. The van der Waals surface area contributed by atoms with E-state index in [4.69, 9.17) is 10.7 Å². The van der Waals surface area contributed by atoms with Gasteiger partial charge in [-0.2, -0.15) is 0 Å². The second-order valence-electron chi connectivity index (χ2n) is 7.80. The van der Waals surface area contributed by atoms with Gasteiger partial charge in [0.2, 0.25) is 5.91 Å². The number of aromatic nitrogens is 2. The second kappa shape index (κ2) is 9.04. The van der Waals surface area contributed by atoms with Crippen LogP contribution in [-0.4, -0.2) is 45.6 Å². The molecule has 2 amide bonds. The van der Waals surface area contributed by atoms with Crippen molar-refractivity contribution in [2.45, 2.75) is 31.6 Å². The number of para-hydroxylation sites is 1. The molecule has 1 saturated heterocycles. The van der Waals surface area contributed by atoms with Gasteiger partial charge in [0.25, 0.3) is 5.91 Å². The van der Waals surface area contributed by atoms with Crippen LogP contribution in [0.25, 0.3) is 10.9 Å². The van der Waals surface area contributed by atoms with Crippen LogP contribution < -0.4 is 5.73 Å². The summed E-state index contributed by atoms with van der Waals surface area (Å²) in [7, 11) is 0. The number of hydrogen-bond donors (Lipinski definition) is 1. The molecule has 158 valence electrons. The lowest BCUT2D eigenvalue weighted by molar-refractivity contribution is -0.132. The SMILES string of the molecule is NC(=O)c1cc2ccccc2nc1C1CCN(C(=O)CCC(=O)c2cccnc2)CC1. The third-order valence-electron chi connectivity index (χ3n) is 5.80. The van der Waals surface area contributed by atoms with E-state index < -0.39 is 5.91 Å². The van der Waals surface area contributed by atoms with Gasteiger partial charge in [0.15, 0.2) is 5.78 Å². The Kier molecular flexibility index (Phi) is 6.02. The summed E-state index contributed by atoms with van der Waals surface area (Å²) in [4.78, 5) is 47.3. The Bertz CT molecular complexity index is 1120. The quantitative estimate of drug-likeness (QED) is 0.622. The Balaban J connectivity index is 1.39. The molecule has 1 aliphatic heterocycles. The molecule has 1 fully saturated rings. The number of primary amides is 1. The van der Waals surface area contributed by atoms with Gasteiger partial charge in [-0.05, 0) is 37.1 Å². The molecule has 0 atom stereocenters. The van der Waals surface area contributed by atoms with Gasteiger partial charge in [-0.1, -0.05) is 18.2 Å². The van der Waals surface area contributed by atoms with Crippen molar-refractivity contribution >= 4 is 28.5 Å². The summed E-state index contributed by atoms with van der Waals surface area (Å²) in [6.45, 7) is 1.13. The number of carbonyl (C=O) groups is 3. The molecule has 0 saturated carbocycles. The summed E-state index contributed by atoms with van der Waals surface area (Å²) in [5.74, 6) is -0.533. The monoisotopic (exact) mass is 416 g/mol. The summed E-state index contributed by atoms with van der Waals surface area (Å²) in [6.07, 6.45) is 4.88. The summed E-state index contributed by atoms with van der Waals surface area (Å²) in [6, 6.07) is 12.9. The predicted octanol–water partition coefficient (Wildman–Crippen LogP) is 3.10. The molecule has 0 aliphatic carbocycles. The van der Waals surface area contributed by atoms with Crippen molar-refractivity contribution in [1.82, 2.24) is 14.9 Å². The van der Waals surface area contributed by atoms with Crippen LogP contribution in [0, 0.1) is 0 Å². The van der Waals surface area contributed by atoms with Gasteiger partial charge in [-0.3, -0.25) is 24.4 Å². The third-order valence-corrected chi connectivity index (χ3v) is 5.80. The summed E-state index contributed by atoms with van der Waals surface area (Å²) in [5.41, 5.74) is 8.14. The van der Waals surface area contributed by atoms with Gasteiger partial charge in [-0.25, -0.2) is 0 Å². The van der Waals surface area contributed by atoms with Crippen LogP contribution in [0.5, 0.6) is 0 Å². The van der Waals surface area contributed by atoms with Gasteiger partial charge in [0.1, 0.15) is 0 Å². The molecule has 2 aromatic heterocycles. The summed E-state index contributed by atoms with van der Waals surface area (Å²) < 4.78 is 0. The molecule has 0 radical (unpaired) electrons. The topological polar surface area (TPSA) is 106 Å². The number of nitrogens with two attached hydrogens (primary N) is 1. The highest BCUT2D eigenvalue weighted by Gasteiger charge is 2.28. The second-order valence-corrected chi connectivity index (χ2v) is 7.80. The molecule has 0 unspecified atom stereocenters. The summed E-state index contributed by atoms with van der Waals surface area (Å²) in [5, 5.41) is 0.881. The first-order valence-electron chi connectivity index (χ1n) is 10.4. The van der Waals surface area contributed by atoms with E-state index >= 15 is 0 Å². The highest BCUT2D eigenvalue weighted by Crippen LogP contribution is 2.31. The minimum Gasteiger partial charge on any atom is -0.366 e. The number of amides is 2. The maximum atomic E-state index is 12.6. The third kappa shape index (κ3) is 4.60. The lowest BCUT2D eigenvalue weighted by atomic mass is 9.89. The van der Waals surface area contributed by atoms with Gasteiger partial charge < -0.3 is 10.6 Å². The molecule has 2 N–H and O–H groups in total. The number of rotatable bonds is 6. The smallest absolute Gasteiger partial charge is 0.250 e. The molecule has 3 aromatic rings. The number of ketones is 1. The van der Waals surface area contributed by atoms with E-state index in [0.717, 1.165) is 10.9 Å². The molecule has 0 bridgehead atoms. The first-order chi connectivity index (χ1) is 15.0. The zero-order valence-corrected chi connectivity index (χ0v) is 17.2. The number of pyridine rings is 2. The Labute approximate surface area is 180 Å². The van der Waals surface area contributed by atoms with Gasteiger partial charge in [-0.15, -0.1) is 0 Å². The zero-order chi connectivity index (χ0) is 21.8. The Morgan fingerprint density at radius 3 is 2.52 bits per heavy atom. The normalized spacial score (nSPS) is 14.5. The minimum atomic E-state index is -0.485. The molecule has 1 aromatic carbocycles. The molecule has 7 nitrogen and oxygen atoms in total. The molecule has 7 heteroatoms. The average molecular weight is 416 g/mol. The molecule has 4 rings (SSSR count). The van der Waals surface area contributed by atoms with Crippen LogP contribution >= 0.6 is 0 Å². The van der Waals surface area contributed by atoms with Crippen molar-refractivity contribution in [3.63, 3.8) is 0 Å². The van der Waals surface area contributed by atoms with Crippen molar-refractivity contribution < 1.29 is 14.4 Å². The lowest BCUT2D eigenvalue weighted by Crippen LogP contribution is -2.38. The van der Waals surface area contributed by atoms with Crippen LogP contribution in [0.1, 0.15) is 58.0 Å². The predicted molar refractivity (Wildman–Crippen MR) is 117 cm³/mol. The number of likely N-dealkylation sites (tertiary alicyclic amines) is 1. The van der Waals surface area contributed by atoms with Crippen LogP contribution in [0.3, 0.4) is 0 Å². The van der Waals surface area contributed by atoms with Crippen LogP contribution in [0.2, 0.25) is 0 Å². The number of fused-ring (bicyclic) bond motifs is 1. The number of Topliss-reactive ketones (excluding diaryl/α,β-unsaturated/α-hetero) is 1. The van der Waals surface area contributed by atoms with E-state index in [-0.39, 0.29) is 30.4 Å². The van der Waals surface area contributed by atoms with Gasteiger partial charge in [0, 0.05) is 55.2 Å². The van der Waals surface area contributed by atoms with E-state index in [1.165, 1.54) is 6.20 Å². The van der Waals surface area contributed by atoms with Gasteiger partial charge in [0.05, 0.1) is 16.8 Å². The molecular formula is C24H24N4O3. The molecule has 0 spiro atoms. The fourth-order valence-corrected chi connectivity index (χ4v) is 4.09. The lowest BCUT2D eigenvalue weighted by Gasteiger charge is -2.32. The van der Waals surface area contributed by atoms with Crippen LogP contribution in [0.15, 0.2) is 54.9 Å². The van der Waals surface area contributed by atoms with Crippen molar-refractivity contribution in [1.29, 1.82) is 0 Å². The molecule has 3 heterocycles. The maximum Gasteiger partial charge on any atom is 0.250 e. The van der Waals surface area contributed by atoms with Crippen molar-refractivity contribution in [3.05, 3.63) is 71.7 Å². The highest BCUT2D eigenvalue weighted by molar-refractivity contribution is 5.98. The largest absolute Gasteiger partial charge is 0.366 e. The maximum absolute atomic E-state index is 12.6. The van der Waals surface area contributed by atoms with Crippen LogP contribution in [0.4, 0.5) is 0 Å². The minimum absolute atomic E-state index is 0.0303. The van der Waals surface area contributed by atoms with Gasteiger partial charge >= 0.3 is 0 Å². The number of hydrogen-bond acceptors (Lipinski definition) is 5. The summed E-state index contributed by atoms with van der Waals surface area (Å²) >= 11 is 0. The highest BCUT2D eigenvalue weighted by atomic mass is 16.2. The Morgan fingerprint density at radius 1 is 1.03 bits per heavy atom. The first kappa shape index (κ1) is 20.7. The number of nitrogens with zero attached hydrogens (tertiary/aromatic N) is 3. The van der Waals surface area contributed by atoms with E-state index in [9.17, 15) is 14.4 Å². The number of piperidine rings is 1. The van der Waals surface area contributed by atoms with Crippen LogP contribution in [-0.2, 0) is 4.79 Å². The zero-order valence-electron chi connectivity index (χ0n) is 17.2. The van der Waals surface area contributed by atoms with E-state index in [1.807, 2.05) is 30.3 Å². The molecule has 31 heavy (non-hydrogen) atoms.